The Morgan fingerprint density at radius 1 is 1.12 bits per heavy atom. The molecule has 3 N–H and O–H groups in total. The summed E-state index contributed by atoms with van der Waals surface area (Å²) in [6.45, 7) is -0.534. The molecule has 0 saturated carbocycles. The van der Waals surface area contributed by atoms with E-state index < -0.39 is 18.7 Å². The molecule has 0 fully saturated rings. The first kappa shape index (κ1) is 22.3. The van der Waals surface area contributed by atoms with E-state index in [1.165, 1.54) is 18.3 Å². The molecular weight excluding hydrogens is 437 g/mol. The van der Waals surface area contributed by atoms with E-state index in [0.717, 1.165) is 22.8 Å². The number of aromatic nitrogens is 4. The smallest absolute Gasteiger partial charge is 0.422 e. The van der Waals surface area contributed by atoms with Crippen LogP contribution in [0.3, 0.4) is 0 Å². The van der Waals surface area contributed by atoms with Crippen LogP contribution in [-0.2, 0) is 6.54 Å². The van der Waals surface area contributed by atoms with Crippen molar-refractivity contribution in [1.82, 2.24) is 24.8 Å². The molecule has 0 aliphatic carbocycles. The number of ether oxygens (including phenoxy) is 1. The lowest BCUT2D eigenvalue weighted by Gasteiger charge is -2.12. The number of rotatable bonds is 8. The van der Waals surface area contributed by atoms with E-state index in [-0.39, 0.29) is 11.4 Å². The fourth-order valence-electron chi connectivity index (χ4n) is 3.51. The molecule has 4 rings (SSSR count). The first-order valence-corrected chi connectivity index (χ1v) is 10.3. The number of alkyl halides is 3. The van der Waals surface area contributed by atoms with E-state index in [4.69, 9.17) is 5.73 Å². The molecule has 0 spiro atoms. The van der Waals surface area contributed by atoms with Gasteiger partial charge in [-0.15, -0.1) is 0 Å². The van der Waals surface area contributed by atoms with Gasteiger partial charge in [0.2, 0.25) is 5.88 Å². The molecule has 3 heterocycles. The maximum Gasteiger partial charge on any atom is 0.422 e. The Balaban J connectivity index is 1.35. The van der Waals surface area contributed by atoms with Gasteiger partial charge in [0.15, 0.2) is 12.4 Å². The minimum absolute atomic E-state index is 0.0446. The summed E-state index contributed by atoms with van der Waals surface area (Å²) < 4.78 is 43.9. The molecular formula is C22H21F3N6O2. The van der Waals surface area contributed by atoms with Crippen LogP contribution in [0.4, 0.5) is 19.0 Å². The summed E-state index contributed by atoms with van der Waals surface area (Å²) in [4.78, 5) is 24.9. The summed E-state index contributed by atoms with van der Waals surface area (Å²) in [7, 11) is 0. The van der Waals surface area contributed by atoms with E-state index in [9.17, 15) is 18.0 Å². The minimum Gasteiger partial charge on any atom is -0.467 e. The quantitative estimate of drug-likeness (QED) is 0.390. The highest BCUT2D eigenvalue weighted by atomic mass is 19.4. The van der Waals surface area contributed by atoms with Crippen LogP contribution in [0.5, 0.6) is 5.88 Å². The first-order valence-electron chi connectivity index (χ1n) is 10.3. The number of imidazole rings is 1. The van der Waals surface area contributed by atoms with Gasteiger partial charge in [0.05, 0.1) is 17.4 Å². The van der Waals surface area contributed by atoms with Gasteiger partial charge in [0, 0.05) is 24.7 Å². The molecule has 0 bridgehead atoms. The predicted molar refractivity (Wildman–Crippen MR) is 117 cm³/mol. The van der Waals surface area contributed by atoms with Crippen LogP contribution in [-0.4, -0.2) is 44.8 Å². The number of nitrogens with zero attached hydrogens (tertiary/aromatic N) is 4. The fraction of sp³-hybridized carbons (Fsp3) is 0.273. The standard InChI is InChI=1S/C22H21F3N6O2/c23-22(24,25)12-33-21-15(7-5-10-28-21)20(32)27-9-3-4-11-31-13-29-17-18(31)14-6-1-2-8-16(14)30-19(17)26/h1-2,5-8,10,13H,3-4,9,11-12H2,(H2,26,30)(H,27,32). The highest BCUT2D eigenvalue weighted by Gasteiger charge is 2.29. The molecule has 1 amide bonds. The molecule has 4 aromatic rings. The zero-order chi connectivity index (χ0) is 23.4. The van der Waals surface area contributed by atoms with Crippen LogP contribution >= 0.6 is 0 Å². The number of pyridine rings is 2. The second-order valence-corrected chi connectivity index (χ2v) is 7.37. The maximum absolute atomic E-state index is 12.4. The summed E-state index contributed by atoms with van der Waals surface area (Å²) in [5.41, 5.74) is 8.34. The number of carbonyl (C=O) groups excluding carboxylic acids is 1. The van der Waals surface area contributed by atoms with Gasteiger partial charge in [-0.25, -0.2) is 15.0 Å². The average Bonchev–Trinajstić information content (AvgIpc) is 3.22. The van der Waals surface area contributed by atoms with Gasteiger partial charge in [-0.1, -0.05) is 18.2 Å². The van der Waals surface area contributed by atoms with Crippen molar-refractivity contribution >= 4 is 33.7 Å². The second-order valence-electron chi connectivity index (χ2n) is 7.37. The first-order chi connectivity index (χ1) is 15.8. The number of nitrogens with one attached hydrogen (secondary N) is 1. The molecule has 0 atom stereocenters. The van der Waals surface area contributed by atoms with Crippen LogP contribution in [0.2, 0.25) is 0 Å². The predicted octanol–water partition coefficient (Wildman–Crippen LogP) is 3.71. The van der Waals surface area contributed by atoms with Gasteiger partial charge < -0.3 is 20.4 Å². The van der Waals surface area contributed by atoms with Gasteiger partial charge in [0.1, 0.15) is 11.1 Å². The van der Waals surface area contributed by atoms with Crippen molar-refractivity contribution in [3.05, 3.63) is 54.5 Å². The highest BCUT2D eigenvalue weighted by Crippen LogP contribution is 2.27. The number of benzene rings is 1. The number of nitrogen functional groups attached to an aromatic ring is 1. The molecule has 8 nitrogen and oxygen atoms in total. The summed E-state index contributed by atoms with van der Waals surface area (Å²) in [5, 5.41) is 3.65. The number of halogens is 3. The number of anilines is 1. The lowest BCUT2D eigenvalue weighted by Crippen LogP contribution is -2.26. The molecule has 0 radical (unpaired) electrons. The normalized spacial score (nSPS) is 11.7. The fourth-order valence-corrected chi connectivity index (χ4v) is 3.51. The number of aryl methyl sites for hydroxylation is 1. The Bertz CT molecular complexity index is 1290. The van der Waals surface area contributed by atoms with Crippen molar-refractivity contribution < 1.29 is 22.7 Å². The Morgan fingerprint density at radius 2 is 1.94 bits per heavy atom. The summed E-state index contributed by atoms with van der Waals surface area (Å²) in [6.07, 6.45) is -0.165. The Morgan fingerprint density at radius 3 is 2.76 bits per heavy atom. The zero-order valence-electron chi connectivity index (χ0n) is 17.5. The van der Waals surface area contributed by atoms with Gasteiger partial charge >= 0.3 is 6.18 Å². The van der Waals surface area contributed by atoms with E-state index in [1.807, 2.05) is 28.8 Å². The SMILES string of the molecule is Nc1nc2ccccc2c2c1ncn2CCCCNC(=O)c1cccnc1OCC(F)(F)F. The highest BCUT2D eigenvalue weighted by molar-refractivity contribution is 6.06. The molecule has 0 saturated heterocycles. The van der Waals surface area contributed by atoms with E-state index in [1.54, 1.807) is 6.33 Å². The largest absolute Gasteiger partial charge is 0.467 e. The van der Waals surface area contributed by atoms with Crippen LogP contribution in [0, 0.1) is 0 Å². The average molecular weight is 458 g/mol. The third-order valence-corrected chi connectivity index (χ3v) is 4.98. The summed E-state index contributed by atoms with van der Waals surface area (Å²) in [5.74, 6) is -0.525. The molecule has 3 aromatic heterocycles. The van der Waals surface area contributed by atoms with Gasteiger partial charge in [-0.05, 0) is 31.0 Å². The monoisotopic (exact) mass is 458 g/mol. The van der Waals surface area contributed by atoms with E-state index >= 15 is 0 Å². The maximum atomic E-state index is 12.4. The number of fused-ring (bicyclic) bond motifs is 3. The van der Waals surface area contributed by atoms with Crippen molar-refractivity contribution in [3.63, 3.8) is 0 Å². The van der Waals surface area contributed by atoms with Crippen LogP contribution < -0.4 is 15.8 Å². The van der Waals surface area contributed by atoms with Crippen molar-refractivity contribution in [3.8, 4) is 5.88 Å². The van der Waals surface area contributed by atoms with Crippen molar-refractivity contribution in [2.45, 2.75) is 25.6 Å². The lowest BCUT2D eigenvalue weighted by molar-refractivity contribution is -0.154. The Kier molecular flexibility index (Phi) is 6.29. The topological polar surface area (TPSA) is 108 Å². The number of nitrogens with two attached hydrogens (primary N) is 1. The van der Waals surface area contributed by atoms with Crippen molar-refractivity contribution in [2.75, 3.05) is 18.9 Å². The molecule has 0 unspecified atom stereocenters. The minimum atomic E-state index is -4.52. The number of amides is 1. The van der Waals surface area contributed by atoms with Crippen molar-refractivity contribution in [1.29, 1.82) is 0 Å². The molecule has 11 heteroatoms. The number of hydrogen-bond acceptors (Lipinski definition) is 6. The van der Waals surface area contributed by atoms with Gasteiger partial charge in [-0.2, -0.15) is 13.2 Å². The lowest BCUT2D eigenvalue weighted by atomic mass is 10.2. The number of hydrogen-bond donors (Lipinski definition) is 2. The van der Waals surface area contributed by atoms with E-state index in [0.29, 0.717) is 30.8 Å². The molecule has 0 aliphatic heterocycles. The van der Waals surface area contributed by atoms with Crippen LogP contribution in [0.25, 0.3) is 21.9 Å². The van der Waals surface area contributed by atoms with Gasteiger partial charge in [-0.3, -0.25) is 4.79 Å². The third-order valence-electron chi connectivity index (χ3n) is 4.98. The molecule has 33 heavy (non-hydrogen) atoms. The second kappa shape index (κ2) is 9.31. The molecule has 172 valence electrons. The van der Waals surface area contributed by atoms with Crippen LogP contribution in [0.1, 0.15) is 23.2 Å². The molecule has 1 aromatic carbocycles. The summed E-state index contributed by atoms with van der Waals surface area (Å²) in [6, 6.07) is 10.5. The van der Waals surface area contributed by atoms with Crippen molar-refractivity contribution in [2.24, 2.45) is 0 Å². The molecule has 0 aliphatic rings. The number of unbranched alkanes of at least 4 members (excludes halogenated alkanes) is 1. The third kappa shape index (κ3) is 5.13. The summed E-state index contributed by atoms with van der Waals surface area (Å²) >= 11 is 0. The van der Waals surface area contributed by atoms with E-state index in [2.05, 4.69) is 25.0 Å². The zero-order valence-corrected chi connectivity index (χ0v) is 17.5. The Hall–Kier alpha value is -3.89. The Labute approximate surface area is 186 Å². The van der Waals surface area contributed by atoms with Gasteiger partial charge in [0.25, 0.3) is 5.91 Å². The van der Waals surface area contributed by atoms with Crippen LogP contribution in [0.15, 0.2) is 48.9 Å². The number of carbonyl (C=O) groups is 1. The number of para-hydroxylation sites is 1.